The van der Waals surface area contributed by atoms with Gasteiger partial charge in [0.1, 0.15) is 0 Å². The Hall–Kier alpha value is -0.350. The second kappa shape index (κ2) is 7.75. The fourth-order valence-corrected chi connectivity index (χ4v) is 0.815. The van der Waals surface area contributed by atoms with Crippen LogP contribution in [0.2, 0.25) is 0 Å². The van der Waals surface area contributed by atoms with E-state index in [1.54, 1.807) is 0 Å². The van der Waals surface area contributed by atoms with Crippen molar-refractivity contribution in [1.82, 2.24) is 10.6 Å². The molecule has 0 bridgehead atoms. The third-order valence-electron chi connectivity index (χ3n) is 1.21. The molecule has 0 fully saturated rings. The molecule has 0 rings (SSSR count). The van der Waals surface area contributed by atoms with Crippen LogP contribution >= 0.6 is 12.2 Å². The number of aliphatic hydroxyl groups is 1. The summed E-state index contributed by atoms with van der Waals surface area (Å²) in [6, 6.07) is 0. The maximum Gasteiger partial charge on any atom is 0.166 e. The fourth-order valence-electron chi connectivity index (χ4n) is 0.611. The van der Waals surface area contributed by atoms with Crippen LogP contribution in [-0.2, 0) is 0 Å². The van der Waals surface area contributed by atoms with Gasteiger partial charge in [-0.05, 0) is 18.6 Å². The Morgan fingerprint density at radius 2 is 2.00 bits per heavy atom. The van der Waals surface area contributed by atoms with E-state index in [0.29, 0.717) is 11.7 Å². The fraction of sp³-hybridized carbons (Fsp3) is 0.857. The average Bonchev–Trinajstić information content (AvgIpc) is 2.01. The summed E-state index contributed by atoms with van der Waals surface area (Å²) in [5, 5.41) is 15.0. The van der Waals surface area contributed by atoms with Gasteiger partial charge in [0.2, 0.25) is 0 Å². The van der Waals surface area contributed by atoms with E-state index < -0.39 is 0 Å². The summed E-state index contributed by atoms with van der Waals surface area (Å²) in [4.78, 5) is 0. The zero-order chi connectivity index (χ0) is 8.53. The normalized spacial score (nSPS) is 9.27. The molecule has 0 aromatic heterocycles. The predicted molar refractivity (Wildman–Crippen MR) is 50.6 cm³/mol. The standard InChI is InChI=1S/C7H16N2OS/c1-2-3-4-8-7(11)9-5-6-10/h10H,2-6H2,1H3,(H2,8,9,11). The highest BCUT2D eigenvalue weighted by Gasteiger charge is 1.90. The first-order valence-electron chi connectivity index (χ1n) is 3.93. The minimum absolute atomic E-state index is 0.121. The van der Waals surface area contributed by atoms with Gasteiger partial charge in [-0.25, -0.2) is 0 Å². The Labute approximate surface area is 73.2 Å². The molecule has 3 N–H and O–H groups in total. The highest BCUT2D eigenvalue weighted by atomic mass is 32.1. The number of rotatable bonds is 5. The van der Waals surface area contributed by atoms with E-state index in [9.17, 15) is 0 Å². The van der Waals surface area contributed by atoms with Gasteiger partial charge in [0.15, 0.2) is 5.11 Å². The summed E-state index contributed by atoms with van der Waals surface area (Å²) >= 11 is 4.90. The minimum atomic E-state index is 0.121. The van der Waals surface area contributed by atoms with Crippen molar-refractivity contribution in [3.8, 4) is 0 Å². The van der Waals surface area contributed by atoms with Crippen LogP contribution in [0, 0.1) is 0 Å². The number of nitrogens with one attached hydrogen (secondary N) is 2. The van der Waals surface area contributed by atoms with Crippen LogP contribution in [0.1, 0.15) is 19.8 Å². The Kier molecular flexibility index (Phi) is 7.51. The molecule has 0 aromatic carbocycles. The quantitative estimate of drug-likeness (QED) is 0.415. The smallest absolute Gasteiger partial charge is 0.166 e. The first kappa shape index (κ1) is 10.7. The molecule has 0 heterocycles. The third kappa shape index (κ3) is 7.55. The second-order valence-electron chi connectivity index (χ2n) is 2.26. The maximum absolute atomic E-state index is 8.44. The van der Waals surface area contributed by atoms with Crippen molar-refractivity contribution in [1.29, 1.82) is 0 Å². The molecule has 0 spiro atoms. The SMILES string of the molecule is CCCCNC(=S)NCCO. The van der Waals surface area contributed by atoms with E-state index >= 15 is 0 Å². The van der Waals surface area contributed by atoms with Crippen LogP contribution in [-0.4, -0.2) is 29.9 Å². The van der Waals surface area contributed by atoms with E-state index in [1.807, 2.05) is 0 Å². The first-order chi connectivity index (χ1) is 5.31. The monoisotopic (exact) mass is 176 g/mol. The summed E-state index contributed by atoms with van der Waals surface area (Å²) in [6.07, 6.45) is 2.29. The van der Waals surface area contributed by atoms with Gasteiger partial charge in [-0.15, -0.1) is 0 Å². The molecule has 0 amide bonds. The van der Waals surface area contributed by atoms with Crippen LogP contribution in [0.3, 0.4) is 0 Å². The lowest BCUT2D eigenvalue weighted by Gasteiger charge is -2.07. The van der Waals surface area contributed by atoms with E-state index in [2.05, 4.69) is 17.6 Å². The summed E-state index contributed by atoms with van der Waals surface area (Å²) in [5.74, 6) is 0. The maximum atomic E-state index is 8.44. The van der Waals surface area contributed by atoms with Crippen molar-refractivity contribution in [3.05, 3.63) is 0 Å². The molecule has 0 aliphatic carbocycles. The number of hydrogen-bond donors (Lipinski definition) is 3. The highest BCUT2D eigenvalue weighted by molar-refractivity contribution is 7.80. The molecular formula is C7H16N2OS. The lowest BCUT2D eigenvalue weighted by molar-refractivity contribution is 0.300. The van der Waals surface area contributed by atoms with Crippen molar-refractivity contribution < 1.29 is 5.11 Å². The van der Waals surface area contributed by atoms with Crippen molar-refractivity contribution in [2.45, 2.75) is 19.8 Å². The summed E-state index contributed by atoms with van der Waals surface area (Å²) < 4.78 is 0. The highest BCUT2D eigenvalue weighted by Crippen LogP contribution is 1.81. The first-order valence-corrected chi connectivity index (χ1v) is 4.34. The summed E-state index contributed by atoms with van der Waals surface area (Å²) in [7, 11) is 0. The average molecular weight is 176 g/mol. The molecule has 11 heavy (non-hydrogen) atoms. The predicted octanol–water partition coefficient (Wildman–Crippen LogP) is 0.243. The van der Waals surface area contributed by atoms with Gasteiger partial charge < -0.3 is 15.7 Å². The van der Waals surface area contributed by atoms with Gasteiger partial charge in [0, 0.05) is 13.1 Å². The van der Waals surface area contributed by atoms with Gasteiger partial charge in [0.05, 0.1) is 6.61 Å². The van der Waals surface area contributed by atoms with Crippen molar-refractivity contribution in [3.63, 3.8) is 0 Å². The molecule has 3 nitrogen and oxygen atoms in total. The molecule has 66 valence electrons. The molecule has 0 saturated carbocycles. The third-order valence-corrected chi connectivity index (χ3v) is 1.50. The number of hydrogen-bond acceptors (Lipinski definition) is 2. The van der Waals surface area contributed by atoms with E-state index in [-0.39, 0.29) is 6.61 Å². The van der Waals surface area contributed by atoms with Crippen LogP contribution < -0.4 is 10.6 Å². The van der Waals surface area contributed by atoms with Crippen LogP contribution in [0.4, 0.5) is 0 Å². The molecule has 0 radical (unpaired) electrons. The van der Waals surface area contributed by atoms with E-state index in [0.717, 1.165) is 19.4 Å². The van der Waals surface area contributed by atoms with Crippen molar-refractivity contribution in [2.75, 3.05) is 19.7 Å². The topological polar surface area (TPSA) is 44.3 Å². The lowest BCUT2D eigenvalue weighted by atomic mass is 10.3. The zero-order valence-corrected chi connectivity index (χ0v) is 7.71. The molecule has 0 saturated heterocycles. The van der Waals surface area contributed by atoms with E-state index in [1.165, 1.54) is 0 Å². The van der Waals surface area contributed by atoms with Crippen LogP contribution in [0.25, 0.3) is 0 Å². The Bertz CT molecular complexity index is 109. The molecule has 0 unspecified atom stereocenters. The van der Waals surface area contributed by atoms with Gasteiger partial charge in [-0.1, -0.05) is 13.3 Å². The van der Waals surface area contributed by atoms with Gasteiger partial charge in [0.25, 0.3) is 0 Å². The Morgan fingerprint density at radius 3 is 2.55 bits per heavy atom. The largest absolute Gasteiger partial charge is 0.395 e. The molecule has 0 aliphatic rings. The zero-order valence-electron chi connectivity index (χ0n) is 6.89. The van der Waals surface area contributed by atoms with Gasteiger partial charge >= 0.3 is 0 Å². The summed E-state index contributed by atoms with van der Waals surface area (Å²) in [5.41, 5.74) is 0. The van der Waals surface area contributed by atoms with Gasteiger partial charge in [-0.3, -0.25) is 0 Å². The van der Waals surface area contributed by atoms with Crippen molar-refractivity contribution in [2.24, 2.45) is 0 Å². The number of aliphatic hydroxyl groups excluding tert-OH is 1. The molecule has 0 atom stereocenters. The lowest BCUT2D eigenvalue weighted by Crippen LogP contribution is -2.37. The van der Waals surface area contributed by atoms with Crippen molar-refractivity contribution >= 4 is 17.3 Å². The Morgan fingerprint density at radius 1 is 1.36 bits per heavy atom. The molecule has 4 heteroatoms. The molecular weight excluding hydrogens is 160 g/mol. The number of thiocarbonyl (C=S) groups is 1. The van der Waals surface area contributed by atoms with Crippen LogP contribution in [0.5, 0.6) is 0 Å². The van der Waals surface area contributed by atoms with Crippen LogP contribution in [0.15, 0.2) is 0 Å². The van der Waals surface area contributed by atoms with Gasteiger partial charge in [-0.2, -0.15) is 0 Å². The van der Waals surface area contributed by atoms with E-state index in [4.69, 9.17) is 17.3 Å². The Balaban J connectivity index is 3.09. The molecule has 0 aromatic rings. The molecule has 0 aliphatic heterocycles. The number of unbranched alkanes of at least 4 members (excludes halogenated alkanes) is 1. The minimum Gasteiger partial charge on any atom is -0.395 e. The summed E-state index contributed by atoms with van der Waals surface area (Å²) in [6.45, 7) is 3.69. The second-order valence-corrected chi connectivity index (χ2v) is 2.67.